The van der Waals surface area contributed by atoms with Crippen molar-refractivity contribution in [3.63, 3.8) is 0 Å². The highest BCUT2D eigenvalue weighted by Crippen LogP contribution is 2.16. The number of anilines is 2. The van der Waals surface area contributed by atoms with Crippen LogP contribution in [0.15, 0.2) is 18.2 Å². The van der Waals surface area contributed by atoms with Crippen molar-refractivity contribution in [1.29, 1.82) is 0 Å². The average molecular weight is 238 g/mol. The lowest BCUT2D eigenvalue weighted by Crippen LogP contribution is -2.04. The third-order valence-electron chi connectivity index (χ3n) is 2.30. The number of nitrogens with two attached hydrogens (primary N) is 1. The van der Waals surface area contributed by atoms with E-state index in [-0.39, 0.29) is 12.1 Å². The first kappa shape index (κ1) is 11.4. The van der Waals surface area contributed by atoms with Crippen LogP contribution in [0.2, 0.25) is 0 Å². The third kappa shape index (κ3) is 2.52. The summed E-state index contributed by atoms with van der Waals surface area (Å²) in [5.41, 5.74) is 5.85. The predicted octanol–water partition coefficient (Wildman–Crippen LogP) is 2.19. The Morgan fingerprint density at radius 3 is 2.82 bits per heavy atom. The smallest absolute Gasteiger partial charge is 0.169 e. The van der Waals surface area contributed by atoms with E-state index in [2.05, 4.69) is 15.3 Å². The zero-order valence-corrected chi connectivity index (χ0v) is 9.22. The topological polar surface area (TPSA) is 66.7 Å². The predicted molar refractivity (Wildman–Crippen MR) is 61.4 cm³/mol. The Kier molecular flexibility index (Phi) is 2.95. The monoisotopic (exact) mass is 238 g/mol. The fourth-order valence-electron chi connectivity index (χ4n) is 1.50. The van der Waals surface area contributed by atoms with Crippen LogP contribution in [0.25, 0.3) is 0 Å². The van der Waals surface area contributed by atoms with E-state index < -0.39 is 11.6 Å². The number of benzene rings is 1. The third-order valence-corrected chi connectivity index (χ3v) is 2.30. The molecule has 4 N–H and O–H groups in total. The standard InChI is InChI=1S/C11H12F2N4/c1-6-16-10(14)11(17-6)15-5-7-4-8(12)2-3-9(7)13/h2-4,15H,5,14H2,1H3,(H,16,17). The lowest BCUT2D eigenvalue weighted by atomic mass is 10.2. The molecule has 1 aromatic carbocycles. The number of halogens is 2. The summed E-state index contributed by atoms with van der Waals surface area (Å²) in [6, 6.07) is 3.30. The van der Waals surface area contributed by atoms with Crippen molar-refractivity contribution in [3.05, 3.63) is 41.2 Å². The Balaban J connectivity index is 2.12. The van der Waals surface area contributed by atoms with Gasteiger partial charge in [0.05, 0.1) is 0 Å². The first-order valence-electron chi connectivity index (χ1n) is 5.06. The second-order valence-corrected chi connectivity index (χ2v) is 3.67. The van der Waals surface area contributed by atoms with Gasteiger partial charge in [0.15, 0.2) is 5.82 Å². The molecule has 0 bridgehead atoms. The molecular formula is C11H12F2N4. The molecule has 0 saturated carbocycles. The van der Waals surface area contributed by atoms with Gasteiger partial charge in [-0.2, -0.15) is 0 Å². The number of nitrogens with zero attached hydrogens (tertiary/aromatic N) is 1. The lowest BCUT2D eigenvalue weighted by Gasteiger charge is -2.05. The van der Waals surface area contributed by atoms with E-state index in [4.69, 9.17) is 5.73 Å². The molecule has 0 aliphatic rings. The van der Waals surface area contributed by atoms with Gasteiger partial charge in [-0.1, -0.05) is 0 Å². The number of hydrogen-bond donors (Lipinski definition) is 3. The molecule has 17 heavy (non-hydrogen) atoms. The molecule has 6 heteroatoms. The second-order valence-electron chi connectivity index (χ2n) is 3.67. The minimum absolute atomic E-state index is 0.123. The van der Waals surface area contributed by atoms with E-state index in [1.807, 2.05) is 0 Å². The number of aryl methyl sites for hydroxylation is 1. The molecule has 0 fully saturated rings. The highest BCUT2D eigenvalue weighted by atomic mass is 19.1. The number of nitrogen functional groups attached to an aromatic ring is 1. The van der Waals surface area contributed by atoms with Crippen LogP contribution in [0.5, 0.6) is 0 Å². The second kappa shape index (κ2) is 4.40. The maximum atomic E-state index is 13.3. The molecule has 90 valence electrons. The fourth-order valence-corrected chi connectivity index (χ4v) is 1.50. The molecule has 0 saturated heterocycles. The Morgan fingerprint density at radius 1 is 1.41 bits per heavy atom. The van der Waals surface area contributed by atoms with E-state index in [0.29, 0.717) is 17.5 Å². The molecule has 2 aromatic rings. The highest BCUT2D eigenvalue weighted by molar-refractivity contribution is 5.57. The first-order chi connectivity index (χ1) is 8.06. The Morgan fingerprint density at radius 2 is 2.18 bits per heavy atom. The Labute approximate surface area is 96.9 Å². The van der Waals surface area contributed by atoms with Crippen molar-refractivity contribution in [2.75, 3.05) is 11.1 Å². The highest BCUT2D eigenvalue weighted by Gasteiger charge is 2.07. The van der Waals surface area contributed by atoms with Crippen LogP contribution in [-0.4, -0.2) is 9.97 Å². The molecule has 0 spiro atoms. The minimum atomic E-state index is -0.477. The van der Waals surface area contributed by atoms with Gasteiger partial charge < -0.3 is 16.0 Å². The molecule has 2 rings (SSSR count). The van der Waals surface area contributed by atoms with Crippen LogP contribution in [0.4, 0.5) is 20.4 Å². The van der Waals surface area contributed by atoms with Crippen LogP contribution in [0.1, 0.15) is 11.4 Å². The summed E-state index contributed by atoms with van der Waals surface area (Å²) in [7, 11) is 0. The van der Waals surface area contributed by atoms with Crippen molar-refractivity contribution in [2.45, 2.75) is 13.5 Å². The van der Waals surface area contributed by atoms with Gasteiger partial charge >= 0.3 is 0 Å². The molecule has 0 atom stereocenters. The van der Waals surface area contributed by atoms with Crippen LogP contribution in [0, 0.1) is 18.6 Å². The van der Waals surface area contributed by atoms with Crippen molar-refractivity contribution < 1.29 is 8.78 Å². The summed E-state index contributed by atoms with van der Waals surface area (Å²) in [5.74, 6) is 0.522. The number of H-pyrrole nitrogens is 1. The van der Waals surface area contributed by atoms with Gasteiger partial charge in [0.2, 0.25) is 0 Å². The molecular weight excluding hydrogens is 226 g/mol. The van der Waals surface area contributed by atoms with E-state index in [9.17, 15) is 8.78 Å². The zero-order valence-electron chi connectivity index (χ0n) is 9.22. The largest absolute Gasteiger partial charge is 0.382 e. The van der Waals surface area contributed by atoms with Gasteiger partial charge in [-0.15, -0.1) is 0 Å². The van der Waals surface area contributed by atoms with Crippen molar-refractivity contribution in [2.24, 2.45) is 0 Å². The van der Waals surface area contributed by atoms with E-state index in [1.165, 1.54) is 0 Å². The van der Waals surface area contributed by atoms with Crippen LogP contribution in [-0.2, 0) is 6.54 Å². The van der Waals surface area contributed by atoms with Gasteiger partial charge in [-0.25, -0.2) is 13.8 Å². The number of hydrogen-bond acceptors (Lipinski definition) is 3. The maximum absolute atomic E-state index is 13.3. The zero-order chi connectivity index (χ0) is 12.4. The summed E-state index contributed by atoms with van der Waals surface area (Å²) in [6.07, 6.45) is 0. The molecule has 0 aliphatic heterocycles. The maximum Gasteiger partial charge on any atom is 0.169 e. The van der Waals surface area contributed by atoms with Crippen molar-refractivity contribution in [3.8, 4) is 0 Å². The average Bonchev–Trinajstić information content (AvgIpc) is 2.59. The number of aromatic nitrogens is 2. The molecule has 1 heterocycles. The molecule has 1 aromatic heterocycles. The summed E-state index contributed by atoms with van der Waals surface area (Å²) in [4.78, 5) is 6.88. The molecule has 0 aliphatic carbocycles. The van der Waals surface area contributed by atoms with Crippen LogP contribution < -0.4 is 11.1 Å². The van der Waals surface area contributed by atoms with Gasteiger partial charge in [0, 0.05) is 12.1 Å². The summed E-state index contributed by atoms with van der Waals surface area (Å²) in [5, 5.41) is 2.84. The van der Waals surface area contributed by atoms with E-state index in [0.717, 1.165) is 18.2 Å². The van der Waals surface area contributed by atoms with E-state index >= 15 is 0 Å². The molecule has 4 nitrogen and oxygen atoms in total. The summed E-state index contributed by atoms with van der Waals surface area (Å²) >= 11 is 0. The van der Waals surface area contributed by atoms with Crippen molar-refractivity contribution in [1.82, 2.24) is 9.97 Å². The van der Waals surface area contributed by atoms with Crippen LogP contribution in [0.3, 0.4) is 0 Å². The van der Waals surface area contributed by atoms with E-state index in [1.54, 1.807) is 6.92 Å². The summed E-state index contributed by atoms with van der Waals surface area (Å²) < 4.78 is 26.2. The number of rotatable bonds is 3. The quantitative estimate of drug-likeness (QED) is 0.767. The molecule has 0 radical (unpaired) electrons. The Hall–Kier alpha value is -2.11. The molecule has 0 amide bonds. The lowest BCUT2D eigenvalue weighted by molar-refractivity contribution is 0.587. The van der Waals surface area contributed by atoms with Gasteiger partial charge in [-0.05, 0) is 25.1 Å². The normalized spacial score (nSPS) is 10.5. The van der Waals surface area contributed by atoms with Gasteiger partial charge in [0.25, 0.3) is 0 Å². The molecule has 0 unspecified atom stereocenters. The number of imidazole rings is 1. The number of aromatic amines is 1. The van der Waals surface area contributed by atoms with Crippen molar-refractivity contribution >= 4 is 11.6 Å². The van der Waals surface area contributed by atoms with Gasteiger partial charge in [-0.3, -0.25) is 0 Å². The van der Waals surface area contributed by atoms with Crippen LogP contribution >= 0.6 is 0 Å². The Bertz CT molecular complexity index is 536. The summed E-state index contributed by atoms with van der Waals surface area (Å²) in [6.45, 7) is 1.88. The number of nitrogens with one attached hydrogen (secondary N) is 2. The minimum Gasteiger partial charge on any atom is -0.382 e. The fraction of sp³-hybridized carbons (Fsp3) is 0.182. The van der Waals surface area contributed by atoms with Gasteiger partial charge in [0.1, 0.15) is 23.3 Å². The SMILES string of the molecule is Cc1nc(NCc2cc(F)ccc2F)c(N)[nH]1. The first-order valence-corrected chi connectivity index (χ1v) is 5.06.